The number of aromatic hydroxyl groups is 1. The van der Waals surface area contributed by atoms with Crippen LogP contribution in [0.25, 0.3) is 21.1 Å². The Bertz CT molecular complexity index is 1390. The third kappa shape index (κ3) is 4.83. The number of aliphatic hydroxyl groups excluding tert-OH is 1. The molecular formula is C22H24N4O4S2. The molecule has 0 radical (unpaired) electrons. The van der Waals surface area contributed by atoms with Crippen molar-refractivity contribution in [2.45, 2.75) is 19.6 Å². The third-order valence-electron chi connectivity index (χ3n) is 5.11. The molecule has 0 aliphatic carbocycles. The molecule has 8 nitrogen and oxygen atoms in total. The van der Waals surface area contributed by atoms with Gasteiger partial charge in [0, 0.05) is 30.2 Å². The average molecular weight is 473 g/mol. The van der Waals surface area contributed by atoms with E-state index in [4.69, 9.17) is 0 Å². The lowest BCUT2D eigenvalue weighted by Crippen LogP contribution is -2.36. The van der Waals surface area contributed by atoms with E-state index in [1.165, 1.54) is 11.3 Å². The number of fused-ring (bicyclic) bond motifs is 3. The summed E-state index contributed by atoms with van der Waals surface area (Å²) in [6.45, 7) is 3.62. The Labute approximate surface area is 189 Å². The molecule has 2 heterocycles. The van der Waals surface area contributed by atoms with E-state index in [0.29, 0.717) is 16.8 Å². The second kappa shape index (κ2) is 8.62. The molecule has 0 saturated heterocycles. The molecule has 0 unspecified atom stereocenters. The maximum absolute atomic E-state index is 12.3. The van der Waals surface area contributed by atoms with Crippen LogP contribution < -0.4 is 4.72 Å². The molecule has 32 heavy (non-hydrogen) atoms. The number of benzene rings is 2. The Morgan fingerprint density at radius 2 is 1.97 bits per heavy atom. The van der Waals surface area contributed by atoms with Crippen LogP contribution in [0.1, 0.15) is 25.0 Å². The number of aromatic amines is 1. The highest BCUT2D eigenvalue weighted by Crippen LogP contribution is 2.34. The maximum Gasteiger partial charge on any atom is 0.215 e. The Balaban J connectivity index is 1.51. The van der Waals surface area contributed by atoms with Crippen molar-refractivity contribution in [2.75, 3.05) is 13.2 Å². The van der Waals surface area contributed by atoms with Gasteiger partial charge in [0.05, 0.1) is 38.2 Å². The fourth-order valence-corrected chi connectivity index (χ4v) is 5.38. The smallest absolute Gasteiger partial charge is 0.215 e. The highest BCUT2D eigenvalue weighted by molar-refractivity contribution is 7.88. The fourth-order valence-electron chi connectivity index (χ4n) is 3.19. The van der Waals surface area contributed by atoms with Gasteiger partial charge in [0.1, 0.15) is 0 Å². The van der Waals surface area contributed by atoms with Crippen LogP contribution in [-0.2, 0) is 15.8 Å². The highest BCUT2D eigenvalue weighted by atomic mass is 32.2. The van der Waals surface area contributed by atoms with Crippen molar-refractivity contribution in [2.24, 2.45) is 10.4 Å². The van der Waals surface area contributed by atoms with E-state index in [1.54, 1.807) is 49.8 Å². The van der Waals surface area contributed by atoms with Crippen molar-refractivity contribution >= 4 is 54.4 Å². The summed E-state index contributed by atoms with van der Waals surface area (Å²) in [5.41, 5.74) is 4.74. The minimum Gasteiger partial charge on any atom is -0.494 e. The molecule has 2 aromatic heterocycles. The predicted molar refractivity (Wildman–Crippen MR) is 128 cm³/mol. The van der Waals surface area contributed by atoms with Crippen molar-refractivity contribution < 1.29 is 18.6 Å². The van der Waals surface area contributed by atoms with Crippen LogP contribution in [0.4, 0.5) is 5.69 Å². The van der Waals surface area contributed by atoms with E-state index in [9.17, 15) is 18.6 Å². The van der Waals surface area contributed by atoms with E-state index in [-0.39, 0.29) is 24.8 Å². The summed E-state index contributed by atoms with van der Waals surface area (Å²) in [6, 6.07) is 10.6. The number of sulfonamides is 1. The minimum absolute atomic E-state index is 0.0317. The standard InChI is InChI=1S/C22H24N4O4S2/c1-22(2,12-27)11-25-32(29,30)10-14-3-5-15(6-4-14)23-9-16-19-17(26-21(16)28)7-8-18-20(19)31-13-24-18/h3-9,13,25-28H,10-12H2,1-2H3. The van der Waals surface area contributed by atoms with Gasteiger partial charge in [0.2, 0.25) is 10.0 Å². The van der Waals surface area contributed by atoms with E-state index < -0.39 is 15.4 Å². The predicted octanol–water partition coefficient (Wildman–Crippen LogP) is 3.67. The lowest BCUT2D eigenvalue weighted by Gasteiger charge is -2.21. The number of nitrogens with one attached hydrogen (secondary N) is 2. The zero-order valence-corrected chi connectivity index (χ0v) is 19.3. The van der Waals surface area contributed by atoms with Gasteiger partial charge in [-0.1, -0.05) is 26.0 Å². The van der Waals surface area contributed by atoms with Gasteiger partial charge in [-0.25, -0.2) is 18.1 Å². The van der Waals surface area contributed by atoms with Crippen molar-refractivity contribution in [3.8, 4) is 5.88 Å². The zero-order valence-electron chi connectivity index (χ0n) is 17.7. The van der Waals surface area contributed by atoms with Crippen LogP contribution in [0, 0.1) is 5.41 Å². The number of aliphatic imine (C=N–C) groups is 1. The van der Waals surface area contributed by atoms with Crippen molar-refractivity contribution in [1.82, 2.24) is 14.7 Å². The lowest BCUT2D eigenvalue weighted by molar-refractivity contribution is 0.163. The number of aromatic nitrogens is 2. The summed E-state index contributed by atoms with van der Waals surface area (Å²) in [4.78, 5) is 11.7. The molecular weight excluding hydrogens is 448 g/mol. The zero-order chi connectivity index (χ0) is 22.9. The Hall–Kier alpha value is -2.79. The van der Waals surface area contributed by atoms with E-state index in [0.717, 1.165) is 21.1 Å². The van der Waals surface area contributed by atoms with Gasteiger partial charge in [-0.2, -0.15) is 0 Å². The van der Waals surface area contributed by atoms with Gasteiger partial charge >= 0.3 is 0 Å². The van der Waals surface area contributed by atoms with Gasteiger partial charge in [0.25, 0.3) is 0 Å². The first-order valence-electron chi connectivity index (χ1n) is 9.95. The number of hydrogen-bond donors (Lipinski definition) is 4. The first-order chi connectivity index (χ1) is 15.2. The summed E-state index contributed by atoms with van der Waals surface area (Å²) in [5, 5.41) is 20.5. The van der Waals surface area contributed by atoms with Gasteiger partial charge in [-0.05, 0) is 29.8 Å². The molecule has 0 aliphatic heterocycles. The average Bonchev–Trinajstić information content (AvgIpc) is 3.35. The number of nitrogens with zero attached hydrogens (tertiary/aromatic N) is 2. The van der Waals surface area contributed by atoms with Gasteiger partial charge < -0.3 is 15.2 Å². The molecule has 10 heteroatoms. The van der Waals surface area contributed by atoms with Crippen molar-refractivity contribution in [3.63, 3.8) is 0 Å². The molecule has 0 spiro atoms. The van der Waals surface area contributed by atoms with Crippen LogP contribution in [-0.4, -0.2) is 48.0 Å². The normalized spacial score (nSPS) is 13.0. The molecule has 0 atom stereocenters. The van der Waals surface area contributed by atoms with Crippen LogP contribution in [0.5, 0.6) is 5.88 Å². The molecule has 4 aromatic rings. The molecule has 0 saturated carbocycles. The largest absolute Gasteiger partial charge is 0.494 e. The molecule has 0 amide bonds. The number of H-pyrrole nitrogens is 1. The van der Waals surface area contributed by atoms with Crippen LogP contribution in [0.15, 0.2) is 46.9 Å². The molecule has 0 aliphatic rings. The maximum atomic E-state index is 12.3. The van der Waals surface area contributed by atoms with Crippen LogP contribution in [0.2, 0.25) is 0 Å². The van der Waals surface area contributed by atoms with Gasteiger partial charge in [0.15, 0.2) is 5.88 Å². The minimum atomic E-state index is -3.53. The number of rotatable bonds is 8. The molecule has 2 aromatic carbocycles. The molecule has 0 fully saturated rings. The Kier molecular flexibility index (Phi) is 6.04. The fraction of sp³-hybridized carbons (Fsp3) is 0.273. The van der Waals surface area contributed by atoms with Gasteiger partial charge in [-0.15, -0.1) is 11.3 Å². The first-order valence-corrected chi connectivity index (χ1v) is 12.5. The lowest BCUT2D eigenvalue weighted by atomic mass is 9.96. The third-order valence-corrected chi connectivity index (χ3v) is 7.27. The van der Waals surface area contributed by atoms with Crippen LogP contribution >= 0.6 is 11.3 Å². The number of thiazole rings is 1. The molecule has 0 bridgehead atoms. The second-order valence-electron chi connectivity index (χ2n) is 8.40. The van der Waals surface area contributed by atoms with Crippen LogP contribution in [0.3, 0.4) is 0 Å². The number of hydrogen-bond acceptors (Lipinski definition) is 7. The summed E-state index contributed by atoms with van der Waals surface area (Å²) in [5.74, 6) is -0.130. The van der Waals surface area contributed by atoms with Gasteiger partial charge in [-0.3, -0.25) is 4.99 Å². The second-order valence-corrected chi connectivity index (χ2v) is 11.1. The SMILES string of the molecule is CC(C)(CO)CNS(=O)(=O)Cc1ccc(N=Cc2c(O)[nH]c3ccc4ncsc4c23)cc1. The summed E-state index contributed by atoms with van der Waals surface area (Å²) < 4.78 is 28.1. The quantitative estimate of drug-likeness (QED) is 0.291. The summed E-state index contributed by atoms with van der Waals surface area (Å²) >= 11 is 1.50. The first kappa shape index (κ1) is 22.4. The number of aliphatic hydroxyl groups is 1. The molecule has 4 N–H and O–H groups in total. The monoisotopic (exact) mass is 472 g/mol. The van der Waals surface area contributed by atoms with Crippen molar-refractivity contribution in [3.05, 3.63) is 53.0 Å². The topological polar surface area (TPSA) is 128 Å². The highest BCUT2D eigenvalue weighted by Gasteiger charge is 2.20. The van der Waals surface area contributed by atoms with Crippen molar-refractivity contribution in [1.29, 1.82) is 0 Å². The molecule has 168 valence electrons. The Morgan fingerprint density at radius 3 is 2.69 bits per heavy atom. The van der Waals surface area contributed by atoms with E-state index >= 15 is 0 Å². The summed E-state index contributed by atoms with van der Waals surface area (Å²) in [6.07, 6.45) is 1.59. The van der Waals surface area contributed by atoms with E-state index in [2.05, 4.69) is 19.7 Å². The molecule has 4 rings (SSSR count). The van der Waals surface area contributed by atoms with E-state index in [1.807, 2.05) is 12.1 Å². The Morgan fingerprint density at radius 1 is 1.22 bits per heavy atom. The summed E-state index contributed by atoms with van der Waals surface area (Å²) in [7, 11) is -3.53.